The monoisotopic (exact) mass is 243 g/mol. The number of rotatable bonds is 1. The fourth-order valence-corrected chi connectivity index (χ4v) is 2.84. The van der Waals surface area contributed by atoms with E-state index in [2.05, 4.69) is 20.3 Å². The summed E-state index contributed by atoms with van der Waals surface area (Å²) in [5.74, 6) is -0.490. The maximum atomic E-state index is 12.1. The fraction of sp³-hybridized carbons (Fsp3) is 0.364. The van der Waals surface area contributed by atoms with E-state index in [4.69, 9.17) is 0 Å². The van der Waals surface area contributed by atoms with Crippen LogP contribution in [0.3, 0.4) is 0 Å². The molecule has 1 saturated carbocycles. The average Bonchev–Trinajstić information content (AvgIpc) is 2.71. The van der Waals surface area contributed by atoms with Gasteiger partial charge in [0.2, 0.25) is 5.91 Å². The highest BCUT2D eigenvalue weighted by Gasteiger charge is 2.59. The highest BCUT2D eigenvalue weighted by molar-refractivity contribution is 6.06. The standard InChI is InChI=1S/C11H9N5O2/c17-9-6-1-11(2-6,10(18)15-9)16-5-14-7-3-12-4-13-8(7)16/h3-6H,1-2H2,(H,15,17,18). The molecular formula is C11H9N5O2. The van der Waals surface area contributed by atoms with Crippen LogP contribution in [-0.2, 0) is 15.1 Å². The number of nitrogens with one attached hydrogen (secondary N) is 1. The lowest BCUT2D eigenvalue weighted by molar-refractivity contribution is -0.156. The average molecular weight is 243 g/mol. The van der Waals surface area contributed by atoms with Crippen LogP contribution in [0.5, 0.6) is 0 Å². The van der Waals surface area contributed by atoms with Crippen molar-refractivity contribution in [3.05, 3.63) is 18.9 Å². The van der Waals surface area contributed by atoms with Crippen molar-refractivity contribution in [2.75, 3.05) is 0 Å². The van der Waals surface area contributed by atoms with Crippen LogP contribution in [0.2, 0.25) is 0 Å². The largest absolute Gasteiger partial charge is 0.300 e. The number of amides is 2. The van der Waals surface area contributed by atoms with E-state index in [1.54, 1.807) is 17.1 Å². The van der Waals surface area contributed by atoms with Crippen molar-refractivity contribution in [3.8, 4) is 0 Å². The van der Waals surface area contributed by atoms with Gasteiger partial charge in [0.25, 0.3) is 5.91 Å². The molecule has 0 radical (unpaired) electrons. The molecule has 1 N–H and O–H groups in total. The second-order valence-corrected chi connectivity index (χ2v) is 4.80. The molecule has 90 valence electrons. The molecule has 0 aromatic carbocycles. The Bertz CT molecular complexity index is 686. The minimum atomic E-state index is -0.693. The molecule has 5 rings (SSSR count). The van der Waals surface area contributed by atoms with Crippen molar-refractivity contribution in [1.82, 2.24) is 24.8 Å². The number of imidazole rings is 1. The highest BCUT2D eigenvalue weighted by atomic mass is 16.2. The molecule has 0 spiro atoms. The molecule has 2 amide bonds. The van der Waals surface area contributed by atoms with Crippen LogP contribution >= 0.6 is 0 Å². The van der Waals surface area contributed by atoms with E-state index in [-0.39, 0.29) is 17.7 Å². The predicted octanol–water partition coefficient (Wildman–Crippen LogP) is -0.412. The Kier molecular flexibility index (Phi) is 1.57. The first-order valence-corrected chi connectivity index (χ1v) is 5.69. The molecule has 7 heteroatoms. The first-order valence-electron chi connectivity index (χ1n) is 5.69. The van der Waals surface area contributed by atoms with Gasteiger partial charge in [0.1, 0.15) is 17.4 Å². The molecule has 2 aliphatic heterocycles. The summed E-state index contributed by atoms with van der Waals surface area (Å²) in [6.45, 7) is 0. The Hall–Kier alpha value is -2.31. The molecule has 1 aliphatic carbocycles. The van der Waals surface area contributed by atoms with Gasteiger partial charge in [-0.2, -0.15) is 0 Å². The topological polar surface area (TPSA) is 89.8 Å². The second-order valence-electron chi connectivity index (χ2n) is 4.80. The summed E-state index contributed by atoms with van der Waals surface area (Å²) in [4.78, 5) is 35.8. The van der Waals surface area contributed by atoms with Gasteiger partial charge >= 0.3 is 0 Å². The Balaban J connectivity index is 1.89. The zero-order valence-corrected chi connectivity index (χ0v) is 9.33. The van der Waals surface area contributed by atoms with Crippen molar-refractivity contribution >= 4 is 23.0 Å². The third-order valence-electron chi connectivity index (χ3n) is 3.87. The molecule has 0 atom stereocenters. The molecule has 3 aliphatic rings. The maximum absolute atomic E-state index is 12.1. The fourth-order valence-electron chi connectivity index (χ4n) is 2.84. The maximum Gasteiger partial charge on any atom is 0.252 e. The first-order chi connectivity index (χ1) is 8.71. The third kappa shape index (κ3) is 0.969. The molecule has 3 fully saturated rings. The van der Waals surface area contributed by atoms with E-state index in [1.807, 2.05) is 0 Å². The van der Waals surface area contributed by atoms with Gasteiger partial charge in [-0.05, 0) is 12.8 Å². The number of aromatic nitrogens is 4. The second kappa shape index (κ2) is 2.92. The quantitative estimate of drug-likeness (QED) is 0.687. The van der Waals surface area contributed by atoms with Gasteiger partial charge in [0, 0.05) is 5.92 Å². The van der Waals surface area contributed by atoms with Crippen LogP contribution in [0.25, 0.3) is 11.2 Å². The van der Waals surface area contributed by atoms with Crippen molar-refractivity contribution in [2.24, 2.45) is 5.92 Å². The van der Waals surface area contributed by atoms with Gasteiger partial charge < -0.3 is 0 Å². The van der Waals surface area contributed by atoms with Crippen molar-refractivity contribution in [1.29, 1.82) is 0 Å². The van der Waals surface area contributed by atoms with Crippen LogP contribution in [-0.4, -0.2) is 31.3 Å². The van der Waals surface area contributed by atoms with Crippen LogP contribution in [0, 0.1) is 5.92 Å². The van der Waals surface area contributed by atoms with Crippen LogP contribution in [0.4, 0.5) is 0 Å². The lowest BCUT2D eigenvalue weighted by atomic mass is 9.64. The van der Waals surface area contributed by atoms with E-state index in [9.17, 15) is 9.59 Å². The number of fused-ring (bicyclic) bond motifs is 3. The SMILES string of the molecule is O=C1NC(=O)C2(n3cnc4cncnc43)CC1C2. The number of hydrogen-bond acceptors (Lipinski definition) is 5. The first kappa shape index (κ1) is 9.69. The van der Waals surface area contributed by atoms with Gasteiger partial charge in [0.15, 0.2) is 5.65 Å². The minimum Gasteiger partial charge on any atom is -0.300 e. The summed E-state index contributed by atoms with van der Waals surface area (Å²) in [6, 6.07) is 0. The molecule has 0 unspecified atom stereocenters. The van der Waals surface area contributed by atoms with E-state index in [0.717, 1.165) is 0 Å². The van der Waals surface area contributed by atoms with Gasteiger partial charge in [0.05, 0.1) is 12.5 Å². The Labute approximate surface area is 101 Å². The lowest BCUT2D eigenvalue weighted by Crippen LogP contribution is -2.66. The van der Waals surface area contributed by atoms with Crippen LogP contribution in [0.15, 0.2) is 18.9 Å². The third-order valence-corrected chi connectivity index (χ3v) is 3.87. The van der Waals surface area contributed by atoms with Gasteiger partial charge in [-0.3, -0.25) is 19.5 Å². The minimum absolute atomic E-state index is 0.0676. The highest BCUT2D eigenvalue weighted by Crippen LogP contribution is 2.48. The number of carbonyl (C=O) groups excluding carboxylic acids is 2. The van der Waals surface area contributed by atoms with E-state index < -0.39 is 5.54 Å². The molecule has 2 aromatic rings. The van der Waals surface area contributed by atoms with Gasteiger partial charge in [-0.1, -0.05) is 0 Å². The van der Waals surface area contributed by atoms with Crippen LogP contribution in [0.1, 0.15) is 12.8 Å². The van der Waals surface area contributed by atoms with Gasteiger partial charge in [-0.25, -0.2) is 15.0 Å². The van der Waals surface area contributed by atoms with Crippen molar-refractivity contribution < 1.29 is 9.59 Å². The van der Waals surface area contributed by atoms with E-state index in [1.165, 1.54) is 6.33 Å². The number of hydrogen-bond donors (Lipinski definition) is 1. The van der Waals surface area contributed by atoms with Crippen molar-refractivity contribution in [3.63, 3.8) is 0 Å². The summed E-state index contributed by atoms with van der Waals surface area (Å²) in [6.07, 6.45) is 5.71. The number of nitrogens with zero attached hydrogens (tertiary/aromatic N) is 4. The summed E-state index contributed by atoms with van der Waals surface area (Å²) in [7, 11) is 0. The zero-order chi connectivity index (χ0) is 12.3. The summed E-state index contributed by atoms with van der Waals surface area (Å²) in [5.41, 5.74) is 0.592. The van der Waals surface area contributed by atoms with Crippen molar-refractivity contribution in [2.45, 2.75) is 18.4 Å². The molecule has 2 aromatic heterocycles. The number of piperidine rings is 2. The molecule has 7 nitrogen and oxygen atoms in total. The Morgan fingerprint density at radius 3 is 2.94 bits per heavy atom. The lowest BCUT2D eigenvalue weighted by Gasteiger charge is -2.49. The number of carbonyl (C=O) groups is 2. The Morgan fingerprint density at radius 1 is 1.33 bits per heavy atom. The molecule has 18 heavy (non-hydrogen) atoms. The van der Waals surface area contributed by atoms with Crippen LogP contribution < -0.4 is 5.32 Å². The van der Waals surface area contributed by atoms with Gasteiger partial charge in [-0.15, -0.1) is 0 Å². The molecule has 2 bridgehead atoms. The number of imide groups is 1. The summed E-state index contributed by atoms with van der Waals surface area (Å²) in [5, 5.41) is 2.40. The van der Waals surface area contributed by atoms with E-state index in [0.29, 0.717) is 24.0 Å². The van der Waals surface area contributed by atoms with E-state index >= 15 is 0 Å². The summed E-state index contributed by atoms with van der Waals surface area (Å²) < 4.78 is 1.77. The molecule has 2 saturated heterocycles. The summed E-state index contributed by atoms with van der Waals surface area (Å²) >= 11 is 0. The Morgan fingerprint density at radius 2 is 2.17 bits per heavy atom. The molecular weight excluding hydrogens is 234 g/mol. The predicted molar refractivity (Wildman–Crippen MR) is 59.2 cm³/mol. The molecule has 4 heterocycles. The zero-order valence-electron chi connectivity index (χ0n) is 9.33. The normalized spacial score (nSPS) is 30.1. The smallest absolute Gasteiger partial charge is 0.252 e.